The van der Waals surface area contributed by atoms with E-state index in [2.05, 4.69) is 0 Å². The normalized spacial score (nSPS) is 16.8. The predicted molar refractivity (Wildman–Crippen MR) is 39.6 cm³/mol. The van der Waals surface area contributed by atoms with Crippen molar-refractivity contribution in [2.24, 2.45) is 5.92 Å². The lowest BCUT2D eigenvalue weighted by atomic mass is 10.00. The average Bonchev–Trinajstić information content (AvgIpc) is 1.89. The molecule has 0 aromatic carbocycles. The van der Waals surface area contributed by atoms with Crippen LogP contribution in [0.3, 0.4) is 0 Å². The molecule has 0 saturated carbocycles. The lowest BCUT2D eigenvalue weighted by molar-refractivity contribution is 0.194. The van der Waals surface area contributed by atoms with Crippen LogP contribution in [0.4, 0.5) is 8.78 Å². The summed E-state index contributed by atoms with van der Waals surface area (Å²) in [6.07, 6.45) is 1.65. The SMILES string of the molecule is CCCCC(CF)C(C)F. The van der Waals surface area contributed by atoms with Crippen molar-refractivity contribution in [3.05, 3.63) is 0 Å². The summed E-state index contributed by atoms with van der Waals surface area (Å²) < 4.78 is 24.4. The summed E-state index contributed by atoms with van der Waals surface area (Å²) in [4.78, 5) is 0. The van der Waals surface area contributed by atoms with Crippen LogP contribution in [0.2, 0.25) is 0 Å². The Morgan fingerprint density at radius 1 is 1.40 bits per heavy atom. The summed E-state index contributed by atoms with van der Waals surface area (Å²) in [5.41, 5.74) is 0. The van der Waals surface area contributed by atoms with E-state index < -0.39 is 12.8 Å². The summed E-state index contributed by atoms with van der Waals surface area (Å²) >= 11 is 0. The van der Waals surface area contributed by atoms with Crippen LogP contribution in [0.1, 0.15) is 33.1 Å². The third kappa shape index (κ3) is 3.80. The minimum Gasteiger partial charge on any atom is -0.251 e. The number of rotatable bonds is 5. The van der Waals surface area contributed by atoms with E-state index in [9.17, 15) is 8.78 Å². The fourth-order valence-corrected chi connectivity index (χ4v) is 0.896. The van der Waals surface area contributed by atoms with Gasteiger partial charge < -0.3 is 0 Å². The molecule has 0 nitrogen and oxygen atoms in total. The third-order valence-electron chi connectivity index (χ3n) is 1.78. The molecule has 0 fully saturated rings. The molecule has 10 heavy (non-hydrogen) atoms. The van der Waals surface area contributed by atoms with Crippen LogP contribution in [0, 0.1) is 5.92 Å². The van der Waals surface area contributed by atoms with Gasteiger partial charge in [-0.1, -0.05) is 19.8 Å². The van der Waals surface area contributed by atoms with Crippen molar-refractivity contribution in [2.45, 2.75) is 39.3 Å². The number of halogens is 2. The quantitative estimate of drug-likeness (QED) is 0.565. The number of hydrogen-bond acceptors (Lipinski definition) is 0. The van der Waals surface area contributed by atoms with Crippen LogP contribution < -0.4 is 0 Å². The van der Waals surface area contributed by atoms with E-state index in [4.69, 9.17) is 0 Å². The highest BCUT2D eigenvalue weighted by atomic mass is 19.1. The fraction of sp³-hybridized carbons (Fsp3) is 1.00. The molecule has 0 aliphatic heterocycles. The zero-order chi connectivity index (χ0) is 7.98. The zero-order valence-corrected chi connectivity index (χ0v) is 6.74. The molecule has 0 aromatic heterocycles. The minimum absolute atomic E-state index is 0.361. The van der Waals surface area contributed by atoms with Gasteiger partial charge in [0.15, 0.2) is 0 Å². The molecule has 62 valence electrons. The highest BCUT2D eigenvalue weighted by Gasteiger charge is 2.14. The highest BCUT2D eigenvalue weighted by molar-refractivity contribution is 4.63. The maximum Gasteiger partial charge on any atom is 0.103 e. The Morgan fingerprint density at radius 3 is 2.30 bits per heavy atom. The molecule has 0 aliphatic carbocycles. The van der Waals surface area contributed by atoms with Crippen molar-refractivity contribution in [3.8, 4) is 0 Å². The Morgan fingerprint density at radius 2 is 2.00 bits per heavy atom. The number of hydrogen-bond donors (Lipinski definition) is 0. The Kier molecular flexibility index (Phi) is 5.55. The lowest BCUT2D eigenvalue weighted by Gasteiger charge is -2.12. The van der Waals surface area contributed by atoms with Gasteiger partial charge in [-0.25, -0.2) is 4.39 Å². The molecule has 0 spiro atoms. The van der Waals surface area contributed by atoms with Gasteiger partial charge in [0.25, 0.3) is 0 Å². The fourth-order valence-electron chi connectivity index (χ4n) is 0.896. The highest BCUT2D eigenvalue weighted by Crippen LogP contribution is 2.15. The lowest BCUT2D eigenvalue weighted by Crippen LogP contribution is -2.14. The first-order valence-corrected chi connectivity index (χ1v) is 3.92. The van der Waals surface area contributed by atoms with E-state index in [1.54, 1.807) is 0 Å². The summed E-state index contributed by atoms with van der Waals surface area (Å²) in [6, 6.07) is 0. The minimum atomic E-state index is -0.989. The van der Waals surface area contributed by atoms with Crippen molar-refractivity contribution in [2.75, 3.05) is 6.67 Å². The van der Waals surface area contributed by atoms with Gasteiger partial charge >= 0.3 is 0 Å². The van der Waals surface area contributed by atoms with Crippen LogP contribution in [0.15, 0.2) is 0 Å². The van der Waals surface area contributed by atoms with Gasteiger partial charge in [0.05, 0.1) is 6.67 Å². The van der Waals surface area contributed by atoms with Crippen LogP contribution in [0.25, 0.3) is 0 Å². The van der Waals surface area contributed by atoms with Crippen molar-refractivity contribution in [3.63, 3.8) is 0 Å². The number of unbranched alkanes of at least 4 members (excludes halogenated alkanes) is 1. The van der Waals surface area contributed by atoms with Gasteiger partial charge in [0.1, 0.15) is 6.17 Å². The van der Waals surface area contributed by atoms with Gasteiger partial charge in [-0.2, -0.15) is 0 Å². The van der Waals surface area contributed by atoms with E-state index in [0.717, 1.165) is 12.8 Å². The molecule has 0 amide bonds. The van der Waals surface area contributed by atoms with E-state index in [0.29, 0.717) is 6.42 Å². The van der Waals surface area contributed by atoms with Crippen LogP contribution in [-0.4, -0.2) is 12.8 Å². The molecule has 0 heterocycles. The van der Waals surface area contributed by atoms with Gasteiger partial charge in [-0.3, -0.25) is 4.39 Å². The van der Waals surface area contributed by atoms with Crippen molar-refractivity contribution < 1.29 is 8.78 Å². The Bertz CT molecular complexity index is 71.7. The largest absolute Gasteiger partial charge is 0.251 e. The predicted octanol–water partition coefficient (Wildman–Crippen LogP) is 3.12. The van der Waals surface area contributed by atoms with E-state index in [1.165, 1.54) is 6.92 Å². The topological polar surface area (TPSA) is 0 Å². The Hall–Kier alpha value is -0.140. The van der Waals surface area contributed by atoms with Gasteiger partial charge in [-0.05, 0) is 13.3 Å². The van der Waals surface area contributed by atoms with Crippen molar-refractivity contribution >= 4 is 0 Å². The molecule has 0 radical (unpaired) electrons. The molecular formula is C8H16F2. The van der Waals surface area contributed by atoms with E-state index in [1.807, 2.05) is 6.92 Å². The zero-order valence-electron chi connectivity index (χ0n) is 6.74. The molecule has 0 saturated heterocycles. The molecule has 0 N–H and O–H groups in total. The molecule has 2 atom stereocenters. The monoisotopic (exact) mass is 150 g/mol. The molecule has 2 unspecified atom stereocenters. The molecule has 0 bridgehead atoms. The summed E-state index contributed by atoms with van der Waals surface area (Å²) in [5, 5.41) is 0. The third-order valence-corrected chi connectivity index (χ3v) is 1.78. The van der Waals surface area contributed by atoms with E-state index in [-0.39, 0.29) is 5.92 Å². The van der Waals surface area contributed by atoms with Crippen LogP contribution >= 0.6 is 0 Å². The van der Waals surface area contributed by atoms with Crippen molar-refractivity contribution in [1.82, 2.24) is 0 Å². The summed E-state index contributed by atoms with van der Waals surface area (Å²) in [6.45, 7) is 2.94. The number of alkyl halides is 2. The van der Waals surface area contributed by atoms with Gasteiger partial charge in [0.2, 0.25) is 0 Å². The maximum absolute atomic E-state index is 12.4. The Balaban J connectivity index is 3.40. The first-order valence-electron chi connectivity index (χ1n) is 3.92. The van der Waals surface area contributed by atoms with Crippen LogP contribution in [-0.2, 0) is 0 Å². The molecule has 2 heteroatoms. The molecular weight excluding hydrogens is 134 g/mol. The first kappa shape index (κ1) is 9.86. The maximum atomic E-state index is 12.4. The summed E-state index contributed by atoms with van der Waals surface area (Å²) in [5.74, 6) is -0.361. The second kappa shape index (κ2) is 5.63. The second-order valence-corrected chi connectivity index (χ2v) is 2.73. The summed E-state index contributed by atoms with van der Waals surface area (Å²) in [7, 11) is 0. The molecule has 0 rings (SSSR count). The first-order chi connectivity index (χ1) is 4.72. The van der Waals surface area contributed by atoms with Crippen LogP contribution in [0.5, 0.6) is 0 Å². The average molecular weight is 150 g/mol. The molecule has 0 aliphatic rings. The van der Waals surface area contributed by atoms with E-state index >= 15 is 0 Å². The van der Waals surface area contributed by atoms with Crippen molar-refractivity contribution in [1.29, 1.82) is 0 Å². The van der Waals surface area contributed by atoms with Gasteiger partial charge in [-0.15, -0.1) is 0 Å². The Labute approximate surface area is 61.6 Å². The second-order valence-electron chi connectivity index (χ2n) is 2.73. The van der Waals surface area contributed by atoms with Gasteiger partial charge in [0, 0.05) is 5.92 Å². The standard InChI is InChI=1S/C8H16F2/c1-3-4-5-8(6-9)7(2)10/h7-8H,3-6H2,1-2H3. The molecule has 0 aromatic rings. The smallest absolute Gasteiger partial charge is 0.103 e.